The number of rotatable bonds is 24. The van der Waals surface area contributed by atoms with E-state index in [2.05, 4.69) is 0 Å². The largest absolute Gasteiger partial charge is 0.489 e. The Morgan fingerprint density at radius 1 is 0.242 bits per heavy atom. The van der Waals surface area contributed by atoms with Crippen LogP contribution >= 0.6 is 0 Å². The third kappa shape index (κ3) is 11.9. The van der Waals surface area contributed by atoms with Crippen LogP contribution in [-0.4, -0.2) is 37.7 Å². The van der Waals surface area contributed by atoms with Gasteiger partial charge in [0.15, 0.2) is 0 Å². The van der Waals surface area contributed by atoms with Gasteiger partial charge < -0.3 is 28.4 Å². The van der Waals surface area contributed by atoms with E-state index in [9.17, 15) is 28.8 Å². The van der Waals surface area contributed by atoms with Gasteiger partial charge in [-0.15, -0.1) is 0 Å². The van der Waals surface area contributed by atoms with Crippen LogP contribution in [-0.2, 0) is 39.6 Å². The first kappa shape index (κ1) is 45.4. The fourth-order valence-electron chi connectivity index (χ4n) is 6.84. The third-order valence-electron chi connectivity index (χ3n) is 10.5. The average molecular weight is 883 g/mol. The highest BCUT2D eigenvalue weighted by atomic mass is 16.5. The van der Waals surface area contributed by atoms with Crippen molar-refractivity contribution in [1.82, 2.24) is 0 Å². The van der Waals surface area contributed by atoms with Gasteiger partial charge in [-0.3, -0.25) is 28.8 Å². The Balaban J connectivity index is 1.44. The zero-order valence-electron chi connectivity index (χ0n) is 35.5. The summed E-state index contributed by atoms with van der Waals surface area (Å²) in [6.45, 7) is -0.308. The third-order valence-corrected chi connectivity index (χ3v) is 10.5. The van der Waals surface area contributed by atoms with E-state index in [1.54, 1.807) is 146 Å². The molecule has 0 aliphatic heterocycles. The van der Waals surface area contributed by atoms with E-state index < -0.39 is 0 Å². The number of carbonyl (C=O) groups excluding carboxylic acids is 6. The van der Waals surface area contributed by atoms with E-state index in [4.69, 9.17) is 28.4 Å². The van der Waals surface area contributed by atoms with Crippen molar-refractivity contribution in [1.29, 1.82) is 0 Å². The molecule has 7 aromatic carbocycles. The minimum Gasteiger partial charge on any atom is -0.489 e. The maximum absolute atomic E-state index is 11.5. The quantitative estimate of drug-likeness (QED) is 0.0530. The molecular formula is C54H42O12. The molecule has 0 radical (unpaired) electrons. The molecule has 12 nitrogen and oxygen atoms in total. The lowest BCUT2D eigenvalue weighted by molar-refractivity contribution is 0.111. The molecule has 0 aromatic heterocycles. The minimum atomic E-state index is -0.0843. The molecule has 7 rings (SSSR count). The molecule has 0 aliphatic rings. The first-order valence-corrected chi connectivity index (χ1v) is 20.7. The van der Waals surface area contributed by atoms with E-state index in [0.29, 0.717) is 95.7 Å². The van der Waals surface area contributed by atoms with Crippen LogP contribution in [0.1, 0.15) is 95.5 Å². The van der Waals surface area contributed by atoms with Crippen LogP contribution in [0.15, 0.2) is 146 Å². The number of ether oxygens (including phenoxy) is 6. The maximum atomic E-state index is 11.5. The predicted molar refractivity (Wildman–Crippen MR) is 243 cm³/mol. The van der Waals surface area contributed by atoms with E-state index in [1.165, 1.54) is 0 Å². The van der Waals surface area contributed by atoms with Gasteiger partial charge in [-0.2, -0.15) is 0 Å². The van der Waals surface area contributed by atoms with Crippen molar-refractivity contribution >= 4 is 37.7 Å². The zero-order valence-corrected chi connectivity index (χ0v) is 35.5. The van der Waals surface area contributed by atoms with E-state index in [1.807, 2.05) is 0 Å². The van der Waals surface area contributed by atoms with Crippen molar-refractivity contribution in [3.63, 3.8) is 0 Å². The van der Waals surface area contributed by atoms with Gasteiger partial charge in [-0.25, -0.2) is 0 Å². The molecule has 330 valence electrons. The molecule has 0 spiro atoms. The SMILES string of the molecule is O=Cc1ccc(COc2c(COc3ccc(C=O)cc3)c(COc3ccc(C=O)cc3)c(COc3ccc(C=O)cc3)c(COc3ccc(C=O)cc3)c2COc2ccc(C=O)cc2)cc1. The highest BCUT2D eigenvalue weighted by Crippen LogP contribution is 2.39. The van der Waals surface area contributed by atoms with Crippen LogP contribution in [0.4, 0.5) is 0 Å². The standard InChI is InChI=1S/C54H42O12/c55-25-37-1-3-43(4-2-37)31-66-54-52(35-64-47-21-11-41(29-59)12-22-47)50(33-62-45-17-7-39(27-57)8-18-45)49(32-61-44-15-5-38(26-56)6-16-44)51(34-63-46-19-9-40(28-58)10-20-46)53(54)36-65-48-23-13-42(30-60)14-24-48/h1-30H,31-36H2. The summed E-state index contributed by atoms with van der Waals surface area (Å²) in [5, 5.41) is 0. The number of carbonyl (C=O) groups is 6. The van der Waals surface area contributed by atoms with Crippen molar-refractivity contribution < 1.29 is 57.2 Å². The Bertz CT molecular complexity index is 2240. The summed E-state index contributed by atoms with van der Waals surface area (Å²) in [6, 6.07) is 40.2. The molecule has 66 heavy (non-hydrogen) atoms. The molecule has 0 aliphatic carbocycles. The highest BCUT2D eigenvalue weighted by molar-refractivity contribution is 5.77. The molecule has 0 bridgehead atoms. The number of hydrogen-bond donors (Lipinski definition) is 0. The van der Waals surface area contributed by atoms with Gasteiger partial charge in [0.05, 0.1) is 0 Å². The van der Waals surface area contributed by atoms with Crippen molar-refractivity contribution in [3.05, 3.63) is 212 Å². The van der Waals surface area contributed by atoms with Gasteiger partial charge in [0.25, 0.3) is 0 Å². The highest BCUT2D eigenvalue weighted by Gasteiger charge is 2.28. The van der Waals surface area contributed by atoms with Crippen LogP contribution < -0.4 is 28.4 Å². The molecule has 0 saturated heterocycles. The molecule has 12 heteroatoms. The number of aldehydes is 6. The monoisotopic (exact) mass is 882 g/mol. The second-order valence-corrected chi connectivity index (χ2v) is 14.7. The molecule has 7 aromatic rings. The Hall–Kier alpha value is -8.64. The summed E-state index contributed by atoms with van der Waals surface area (Å²) in [5.41, 5.74) is 6.50. The van der Waals surface area contributed by atoms with Crippen molar-refractivity contribution in [2.24, 2.45) is 0 Å². The maximum Gasteiger partial charge on any atom is 0.150 e. The normalized spacial score (nSPS) is 10.5. The summed E-state index contributed by atoms with van der Waals surface area (Å²) in [6.07, 6.45) is 4.46. The lowest BCUT2D eigenvalue weighted by Gasteiger charge is -2.27. The average Bonchev–Trinajstić information content (AvgIpc) is 3.38. The lowest BCUT2D eigenvalue weighted by atomic mass is 9.90. The fourth-order valence-corrected chi connectivity index (χ4v) is 6.84. The molecule has 0 atom stereocenters. The van der Waals surface area contributed by atoms with Crippen LogP contribution in [0.5, 0.6) is 34.5 Å². The molecule has 0 unspecified atom stereocenters. The molecule has 0 heterocycles. The molecule has 0 N–H and O–H groups in total. The van der Waals surface area contributed by atoms with Gasteiger partial charge in [0, 0.05) is 61.2 Å². The Morgan fingerprint density at radius 2 is 0.455 bits per heavy atom. The first-order chi connectivity index (χ1) is 32.4. The van der Waals surface area contributed by atoms with Crippen molar-refractivity contribution in [2.45, 2.75) is 39.6 Å². The van der Waals surface area contributed by atoms with E-state index in [0.717, 1.165) is 43.3 Å². The van der Waals surface area contributed by atoms with Crippen LogP contribution in [0.25, 0.3) is 0 Å². The number of hydrogen-bond acceptors (Lipinski definition) is 12. The minimum absolute atomic E-state index is 0.0427. The summed E-state index contributed by atoms with van der Waals surface area (Å²) < 4.78 is 39.3. The lowest BCUT2D eigenvalue weighted by Crippen LogP contribution is -2.19. The van der Waals surface area contributed by atoms with Gasteiger partial charge in [-0.1, -0.05) is 24.3 Å². The topological polar surface area (TPSA) is 158 Å². The Morgan fingerprint density at radius 3 is 0.697 bits per heavy atom. The number of benzene rings is 7. The second kappa shape index (κ2) is 22.6. The predicted octanol–water partition coefficient (Wildman–Crippen LogP) is 10.0. The Kier molecular flexibility index (Phi) is 15.6. The van der Waals surface area contributed by atoms with Crippen molar-refractivity contribution in [2.75, 3.05) is 0 Å². The molecule has 0 saturated carbocycles. The smallest absolute Gasteiger partial charge is 0.150 e. The summed E-state index contributed by atoms with van der Waals surface area (Å²) in [5.74, 6) is 2.68. The van der Waals surface area contributed by atoms with Crippen LogP contribution in [0, 0.1) is 0 Å². The van der Waals surface area contributed by atoms with Gasteiger partial charge in [0.2, 0.25) is 0 Å². The van der Waals surface area contributed by atoms with Gasteiger partial charge in [0.1, 0.15) is 112 Å². The van der Waals surface area contributed by atoms with Crippen LogP contribution in [0.2, 0.25) is 0 Å². The molecule has 0 fully saturated rings. The Labute approximate surface area is 380 Å². The molecule has 0 amide bonds. The van der Waals surface area contributed by atoms with E-state index >= 15 is 0 Å². The summed E-state index contributed by atoms with van der Waals surface area (Å²) in [4.78, 5) is 69.2. The zero-order chi connectivity index (χ0) is 46.1. The van der Waals surface area contributed by atoms with E-state index in [-0.39, 0.29) is 39.6 Å². The fraction of sp³-hybridized carbons (Fsp3) is 0.111. The van der Waals surface area contributed by atoms with Crippen LogP contribution in [0.3, 0.4) is 0 Å². The summed E-state index contributed by atoms with van der Waals surface area (Å²) >= 11 is 0. The van der Waals surface area contributed by atoms with Gasteiger partial charge in [-0.05, 0) is 127 Å². The molecular weight excluding hydrogens is 841 g/mol. The van der Waals surface area contributed by atoms with Crippen molar-refractivity contribution in [3.8, 4) is 34.5 Å². The summed E-state index contributed by atoms with van der Waals surface area (Å²) in [7, 11) is 0. The van der Waals surface area contributed by atoms with Gasteiger partial charge >= 0.3 is 0 Å². The second-order valence-electron chi connectivity index (χ2n) is 14.7. The first-order valence-electron chi connectivity index (χ1n) is 20.7.